The Bertz CT molecular complexity index is 864. The molecule has 0 aliphatic carbocycles. The van der Waals surface area contributed by atoms with Crippen LogP contribution in [-0.2, 0) is 4.79 Å². The third-order valence-corrected chi connectivity index (χ3v) is 4.24. The average Bonchev–Trinajstić information content (AvgIpc) is 2.56. The Morgan fingerprint density at radius 1 is 1.16 bits per heavy atom. The number of halogens is 2. The minimum atomic E-state index is -0.569. The van der Waals surface area contributed by atoms with Crippen molar-refractivity contribution in [3.8, 4) is 11.8 Å². The molecule has 1 amide bonds. The summed E-state index contributed by atoms with van der Waals surface area (Å²) in [6, 6.07) is 6.60. The van der Waals surface area contributed by atoms with Gasteiger partial charge in [0.1, 0.15) is 17.5 Å². The van der Waals surface area contributed by atoms with E-state index in [2.05, 4.69) is 30.7 Å². The van der Waals surface area contributed by atoms with E-state index >= 15 is 0 Å². The minimum Gasteiger partial charge on any atom is -0.297 e. The molecule has 0 saturated carbocycles. The zero-order valence-electron chi connectivity index (χ0n) is 14.1. The summed E-state index contributed by atoms with van der Waals surface area (Å²) in [6.07, 6.45) is 2.95. The Hall–Kier alpha value is -2.74. The highest BCUT2D eigenvalue weighted by Crippen LogP contribution is 2.32. The SMILES string of the molecule is CC1(C)CCN(c2ccc(C#Cc3cc(F)ccc3F)cn2)C(=O)C1. The molecule has 3 nitrogen and oxygen atoms in total. The van der Waals surface area contributed by atoms with Crippen LogP contribution in [0.1, 0.15) is 37.8 Å². The summed E-state index contributed by atoms with van der Waals surface area (Å²) in [5, 5.41) is 0. The van der Waals surface area contributed by atoms with E-state index in [0.29, 0.717) is 24.3 Å². The van der Waals surface area contributed by atoms with Crippen LogP contribution in [0, 0.1) is 28.9 Å². The van der Waals surface area contributed by atoms with Crippen LogP contribution in [0.15, 0.2) is 36.5 Å². The first-order valence-corrected chi connectivity index (χ1v) is 8.08. The van der Waals surface area contributed by atoms with Gasteiger partial charge in [-0.25, -0.2) is 13.8 Å². The Balaban J connectivity index is 1.77. The highest BCUT2D eigenvalue weighted by Gasteiger charge is 2.32. The quantitative estimate of drug-likeness (QED) is 0.738. The smallest absolute Gasteiger partial charge is 0.228 e. The molecule has 1 fully saturated rings. The van der Waals surface area contributed by atoms with Gasteiger partial charge in [0, 0.05) is 24.7 Å². The van der Waals surface area contributed by atoms with Crippen LogP contribution < -0.4 is 4.90 Å². The number of anilines is 1. The first-order valence-electron chi connectivity index (χ1n) is 8.08. The van der Waals surface area contributed by atoms with E-state index in [9.17, 15) is 13.6 Å². The van der Waals surface area contributed by atoms with Gasteiger partial charge in [0.2, 0.25) is 5.91 Å². The number of benzene rings is 1. The van der Waals surface area contributed by atoms with Gasteiger partial charge < -0.3 is 0 Å². The number of hydrogen-bond acceptors (Lipinski definition) is 2. The molecular weight excluding hydrogens is 322 g/mol. The summed E-state index contributed by atoms with van der Waals surface area (Å²) in [6.45, 7) is 4.80. The number of hydrogen-bond donors (Lipinski definition) is 0. The third-order valence-electron chi connectivity index (χ3n) is 4.24. The second kappa shape index (κ2) is 6.64. The van der Waals surface area contributed by atoms with Crippen LogP contribution in [0.3, 0.4) is 0 Å². The number of rotatable bonds is 1. The van der Waals surface area contributed by atoms with Gasteiger partial charge in [-0.05, 0) is 42.2 Å². The maximum absolute atomic E-state index is 13.6. The topological polar surface area (TPSA) is 33.2 Å². The van der Waals surface area contributed by atoms with E-state index in [0.717, 1.165) is 24.6 Å². The highest BCUT2D eigenvalue weighted by atomic mass is 19.1. The lowest BCUT2D eigenvalue weighted by Gasteiger charge is -2.35. The van der Waals surface area contributed by atoms with Gasteiger partial charge in [0.05, 0.1) is 5.56 Å². The molecule has 5 heteroatoms. The Kier molecular flexibility index (Phi) is 4.54. The number of amides is 1. The Morgan fingerprint density at radius 3 is 2.64 bits per heavy atom. The van der Waals surface area contributed by atoms with Gasteiger partial charge in [-0.2, -0.15) is 0 Å². The number of carbonyl (C=O) groups excluding carboxylic acids is 1. The van der Waals surface area contributed by atoms with E-state index < -0.39 is 11.6 Å². The van der Waals surface area contributed by atoms with Crippen molar-refractivity contribution in [1.29, 1.82) is 0 Å². The Morgan fingerprint density at radius 2 is 1.96 bits per heavy atom. The predicted molar refractivity (Wildman–Crippen MR) is 91.9 cm³/mol. The number of aromatic nitrogens is 1. The first kappa shape index (κ1) is 17.1. The van der Waals surface area contributed by atoms with Crippen molar-refractivity contribution < 1.29 is 13.6 Å². The summed E-state index contributed by atoms with van der Waals surface area (Å²) < 4.78 is 26.7. The van der Waals surface area contributed by atoms with Crippen molar-refractivity contribution in [3.63, 3.8) is 0 Å². The van der Waals surface area contributed by atoms with Gasteiger partial charge >= 0.3 is 0 Å². The van der Waals surface area contributed by atoms with Crippen LogP contribution >= 0.6 is 0 Å². The molecule has 1 aromatic carbocycles. The molecule has 0 atom stereocenters. The molecule has 0 spiro atoms. The van der Waals surface area contributed by atoms with Gasteiger partial charge in [-0.15, -0.1) is 0 Å². The van der Waals surface area contributed by atoms with E-state index in [1.54, 1.807) is 17.0 Å². The fraction of sp³-hybridized carbons (Fsp3) is 0.300. The molecular formula is C20H18F2N2O. The third kappa shape index (κ3) is 4.03. The van der Waals surface area contributed by atoms with Crippen molar-refractivity contribution in [1.82, 2.24) is 4.98 Å². The van der Waals surface area contributed by atoms with Crippen molar-refractivity contribution in [2.24, 2.45) is 5.41 Å². The normalized spacial score (nSPS) is 16.3. The second-order valence-corrected chi connectivity index (χ2v) is 6.92. The van der Waals surface area contributed by atoms with Crippen LogP contribution in [-0.4, -0.2) is 17.4 Å². The molecule has 2 heterocycles. The highest BCUT2D eigenvalue weighted by molar-refractivity contribution is 5.93. The first-order chi connectivity index (χ1) is 11.8. The number of pyridine rings is 1. The predicted octanol–water partition coefficient (Wildman–Crippen LogP) is 3.91. The van der Waals surface area contributed by atoms with Crippen molar-refractivity contribution in [3.05, 3.63) is 59.3 Å². The lowest BCUT2D eigenvalue weighted by molar-refractivity contribution is -0.122. The standard InChI is InChI=1S/C20H18F2N2O/c1-20(2)9-10-24(19(25)12-20)18-8-4-14(13-23-18)3-5-15-11-16(21)6-7-17(15)22/h4,6-8,11,13H,9-10,12H2,1-2H3. The summed E-state index contributed by atoms with van der Waals surface area (Å²) in [4.78, 5) is 18.2. The molecule has 1 aliphatic heterocycles. The van der Waals surface area contributed by atoms with Crippen LogP contribution in [0.2, 0.25) is 0 Å². The van der Waals surface area contributed by atoms with E-state index in [1.165, 1.54) is 6.20 Å². The van der Waals surface area contributed by atoms with E-state index in [1.807, 2.05) is 0 Å². The Labute approximate surface area is 145 Å². The maximum Gasteiger partial charge on any atom is 0.228 e. The number of nitrogens with zero attached hydrogens (tertiary/aromatic N) is 2. The van der Waals surface area contributed by atoms with Gasteiger partial charge in [-0.1, -0.05) is 25.7 Å². The van der Waals surface area contributed by atoms with Crippen molar-refractivity contribution >= 4 is 11.7 Å². The number of piperidine rings is 1. The zero-order valence-corrected chi connectivity index (χ0v) is 14.1. The molecule has 2 aromatic rings. The zero-order chi connectivity index (χ0) is 18.0. The molecule has 25 heavy (non-hydrogen) atoms. The fourth-order valence-corrected chi connectivity index (χ4v) is 2.73. The van der Waals surface area contributed by atoms with Gasteiger partial charge in [0.15, 0.2) is 0 Å². The molecule has 1 saturated heterocycles. The van der Waals surface area contributed by atoms with E-state index in [4.69, 9.17) is 0 Å². The van der Waals surface area contributed by atoms with Crippen LogP contribution in [0.4, 0.5) is 14.6 Å². The molecule has 1 aliphatic rings. The minimum absolute atomic E-state index is 0.00230. The average molecular weight is 340 g/mol. The monoisotopic (exact) mass is 340 g/mol. The molecule has 1 aromatic heterocycles. The van der Waals surface area contributed by atoms with Gasteiger partial charge in [-0.3, -0.25) is 9.69 Å². The largest absolute Gasteiger partial charge is 0.297 e. The van der Waals surface area contributed by atoms with Crippen LogP contribution in [0.5, 0.6) is 0 Å². The molecule has 128 valence electrons. The molecule has 0 bridgehead atoms. The van der Waals surface area contributed by atoms with Crippen molar-refractivity contribution in [2.45, 2.75) is 26.7 Å². The van der Waals surface area contributed by atoms with Crippen molar-refractivity contribution in [2.75, 3.05) is 11.4 Å². The summed E-state index contributed by atoms with van der Waals surface area (Å²) in [5.74, 6) is 4.90. The molecule has 0 unspecified atom stereocenters. The summed E-state index contributed by atoms with van der Waals surface area (Å²) in [7, 11) is 0. The lowest BCUT2D eigenvalue weighted by atomic mass is 9.82. The number of carbonyl (C=O) groups is 1. The molecule has 0 N–H and O–H groups in total. The molecule has 3 rings (SSSR count). The van der Waals surface area contributed by atoms with Gasteiger partial charge in [0.25, 0.3) is 0 Å². The van der Waals surface area contributed by atoms with E-state index in [-0.39, 0.29) is 16.9 Å². The summed E-state index contributed by atoms with van der Waals surface area (Å²) >= 11 is 0. The fourth-order valence-electron chi connectivity index (χ4n) is 2.73. The lowest BCUT2D eigenvalue weighted by Crippen LogP contribution is -2.42. The maximum atomic E-state index is 13.6. The second-order valence-electron chi connectivity index (χ2n) is 6.92. The summed E-state index contributed by atoms with van der Waals surface area (Å²) in [5.41, 5.74) is 0.586. The van der Waals surface area contributed by atoms with Crippen LogP contribution in [0.25, 0.3) is 0 Å². The molecule has 0 radical (unpaired) electrons.